The van der Waals surface area contributed by atoms with Gasteiger partial charge in [-0.25, -0.2) is 0 Å². The van der Waals surface area contributed by atoms with Gasteiger partial charge in [-0.3, -0.25) is 4.79 Å². The first-order chi connectivity index (χ1) is 20.8. The summed E-state index contributed by atoms with van der Waals surface area (Å²) < 4.78 is 18.5. The van der Waals surface area contributed by atoms with Crippen molar-refractivity contribution in [2.24, 2.45) is 0 Å². The van der Waals surface area contributed by atoms with Crippen LogP contribution in [-0.4, -0.2) is 79.4 Å². The molecule has 232 valence electrons. The normalized spacial score (nSPS) is 14.8. The first-order valence-corrected chi connectivity index (χ1v) is 15.3. The number of benzene rings is 2. The van der Waals surface area contributed by atoms with E-state index in [-0.39, 0.29) is 11.9 Å². The SMILES string of the molecule is CCOc1nc2nc(n1)Nc1ccc(C(=O)NCC[N+](C)(C)C)c(c1)OCCCCCCCCOc1ccc(cc1)CN2. The van der Waals surface area contributed by atoms with Crippen molar-refractivity contribution in [2.45, 2.75) is 52.0 Å². The van der Waals surface area contributed by atoms with Gasteiger partial charge in [-0.2, -0.15) is 15.0 Å². The number of quaternary nitrogens is 1. The zero-order chi connectivity index (χ0) is 30.5. The van der Waals surface area contributed by atoms with Crippen LogP contribution < -0.4 is 30.2 Å². The van der Waals surface area contributed by atoms with E-state index < -0.39 is 0 Å². The number of carbonyl (C=O) groups is 1. The topological polar surface area (TPSA) is 120 Å². The van der Waals surface area contributed by atoms with Crippen LogP contribution in [0.25, 0.3) is 0 Å². The van der Waals surface area contributed by atoms with Crippen LogP contribution in [0.2, 0.25) is 0 Å². The fourth-order valence-corrected chi connectivity index (χ4v) is 4.49. The second kappa shape index (κ2) is 15.9. The lowest BCUT2D eigenvalue weighted by molar-refractivity contribution is -0.869. The molecule has 3 aromatic rings. The van der Waals surface area contributed by atoms with Gasteiger partial charge in [0.2, 0.25) is 11.9 Å². The maximum Gasteiger partial charge on any atom is 0.323 e. The van der Waals surface area contributed by atoms with Crippen LogP contribution in [0.3, 0.4) is 0 Å². The van der Waals surface area contributed by atoms with E-state index in [9.17, 15) is 4.79 Å². The Morgan fingerprint density at radius 2 is 1.60 bits per heavy atom. The molecule has 3 N–H and O–H groups in total. The molecule has 0 saturated carbocycles. The van der Waals surface area contributed by atoms with E-state index >= 15 is 0 Å². The molecule has 2 aliphatic rings. The van der Waals surface area contributed by atoms with Gasteiger partial charge in [0.15, 0.2) is 0 Å². The van der Waals surface area contributed by atoms with Gasteiger partial charge in [-0.05, 0) is 49.6 Å². The molecule has 1 aromatic heterocycles. The largest absolute Gasteiger partial charge is 0.494 e. The third kappa shape index (κ3) is 10.9. The van der Waals surface area contributed by atoms with Crippen molar-refractivity contribution in [3.8, 4) is 17.5 Å². The summed E-state index contributed by atoms with van der Waals surface area (Å²) in [5.41, 5.74) is 2.25. The quantitative estimate of drug-likeness (QED) is 0.333. The van der Waals surface area contributed by atoms with Gasteiger partial charge in [-0.15, -0.1) is 0 Å². The number of aromatic nitrogens is 3. The highest BCUT2D eigenvalue weighted by Gasteiger charge is 2.16. The average Bonchev–Trinajstić information content (AvgIpc) is 2.97. The van der Waals surface area contributed by atoms with Crippen molar-refractivity contribution in [3.05, 3.63) is 53.6 Å². The molecule has 0 spiro atoms. The van der Waals surface area contributed by atoms with Gasteiger partial charge in [0.1, 0.15) is 11.5 Å². The van der Waals surface area contributed by atoms with Gasteiger partial charge in [0.25, 0.3) is 5.91 Å². The van der Waals surface area contributed by atoms with Gasteiger partial charge in [0.05, 0.1) is 59.6 Å². The van der Waals surface area contributed by atoms with E-state index in [2.05, 4.69) is 52.0 Å². The number of fused-ring (bicyclic) bond motifs is 12. The fraction of sp³-hybridized carbons (Fsp3) is 0.500. The molecular formula is C32H46N7O4+. The Morgan fingerprint density at radius 1 is 0.907 bits per heavy atom. The number of hydrogen-bond donors (Lipinski definition) is 3. The Morgan fingerprint density at radius 3 is 2.33 bits per heavy atom. The molecule has 11 heteroatoms. The lowest BCUT2D eigenvalue weighted by Crippen LogP contribution is -2.41. The number of hydrogen-bond acceptors (Lipinski definition) is 9. The number of rotatable bonds is 6. The number of likely N-dealkylation sites (N-methyl/N-ethyl adjacent to an activating group) is 1. The summed E-state index contributed by atoms with van der Waals surface area (Å²) in [5.74, 6) is 1.92. The van der Waals surface area contributed by atoms with Gasteiger partial charge < -0.3 is 34.6 Å². The third-order valence-electron chi connectivity index (χ3n) is 6.88. The first-order valence-electron chi connectivity index (χ1n) is 15.3. The molecule has 1 amide bonds. The molecule has 0 saturated heterocycles. The van der Waals surface area contributed by atoms with Crippen LogP contribution in [0, 0.1) is 0 Å². The van der Waals surface area contributed by atoms with E-state index in [0.717, 1.165) is 60.9 Å². The molecule has 0 aliphatic carbocycles. The van der Waals surface area contributed by atoms with E-state index in [1.807, 2.05) is 43.3 Å². The smallest absolute Gasteiger partial charge is 0.323 e. The lowest BCUT2D eigenvalue weighted by Gasteiger charge is -2.24. The molecule has 6 bridgehead atoms. The Kier molecular flexibility index (Phi) is 11.8. The van der Waals surface area contributed by atoms with Crippen molar-refractivity contribution in [3.63, 3.8) is 0 Å². The predicted octanol–water partition coefficient (Wildman–Crippen LogP) is 5.17. The summed E-state index contributed by atoms with van der Waals surface area (Å²) in [6, 6.07) is 13.7. The van der Waals surface area contributed by atoms with E-state index in [1.165, 1.54) is 0 Å². The van der Waals surface area contributed by atoms with Gasteiger partial charge >= 0.3 is 6.01 Å². The summed E-state index contributed by atoms with van der Waals surface area (Å²) in [6.45, 7) is 5.43. The third-order valence-corrected chi connectivity index (χ3v) is 6.88. The zero-order valence-electron chi connectivity index (χ0n) is 25.9. The average molecular weight is 593 g/mol. The second-order valence-corrected chi connectivity index (χ2v) is 11.6. The summed E-state index contributed by atoms with van der Waals surface area (Å²) in [7, 11) is 6.29. The van der Waals surface area contributed by atoms with Crippen LogP contribution in [0.1, 0.15) is 61.4 Å². The molecule has 2 aromatic carbocycles. The standard InChI is InChI=1S/C32H45N7O4/c1-5-41-32-37-30-34-23-24-12-15-26(16-13-24)42-20-10-8-6-7-9-11-21-43-28-22-25(35-31(36-30)38-32)14-17-27(28)29(40)33-18-19-39(2,3)4/h12-17,22H,5-11,18-21,23H2,1-4H3,(H2-,33,34,35,36,37,38,40)/p+1. The molecule has 0 radical (unpaired) electrons. The molecule has 11 nitrogen and oxygen atoms in total. The zero-order valence-corrected chi connectivity index (χ0v) is 25.9. The van der Waals surface area contributed by atoms with Gasteiger partial charge in [0, 0.05) is 18.3 Å². The number of carbonyl (C=O) groups excluding carboxylic acids is 1. The van der Waals surface area contributed by atoms with Crippen LogP contribution in [-0.2, 0) is 6.54 Å². The summed E-state index contributed by atoms with van der Waals surface area (Å²) in [6.07, 6.45) is 6.41. The number of ether oxygens (including phenoxy) is 3. The Balaban J connectivity index is 1.56. The van der Waals surface area contributed by atoms with Crippen LogP contribution >= 0.6 is 0 Å². The van der Waals surface area contributed by atoms with Crippen molar-refractivity contribution in [1.29, 1.82) is 0 Å². The Hall–Kier alpha value is -4.12. The van der Waals surface area contributed by atoms with Crippen molar-refractivity contribution >= 4 is 23.5 Å². The summed E-state index contributed by atoms with van der Waals surface area (Å²) in [5, 5.41) is 9.54. The fourth-order valence-electron chi connectivity index (χ4n) is 4.49. The van der Waals surface area contributed by atoms with Crippen LogP contribution in [0.4, 0.5) is 17.6 Å². The molecule has 43 heavy (non-hydrogen) atoms. The van der Waals surface area contributed by atoms with Crippen LogP contribution in [0.5, 0.6) is 17.5 Å². The van der Waals surface area contributed by atoms with Crippen molar-refractivity contribution in [1.82, 2.24) is 20.3 Å². The Bertz CT molecular complexity index is 1310. The molecule has 0 atom stereocenters. The number of nitrogens with one attached hydrogen (secondary N) is 3. The number of nitrogens with zero attached hydrogens (tertiary/aromatic N) is 4. The van der Waals surface area contributed by atoms with E-state index in [1.54, 1.807) is 6.07 Å². The minimum Gasteiger partial charge on any atom is -0.494 e. The first kappa shape index (κ1) is 31.8. The lowest BCUT2D eigenvalue weighted by atomic mass is 10.1. The monoisotopic (exact) mass is 592 g/mol. The predicted molar refractivity (Wildman–Crippen MR) is 168 cm³/mol. The van der Waals surface area contributed by atoms with E-state index in [4.69, 9.17) is 14.2 Å². The van der Waals surface area contributed by atoms with Gasteiger partial charge in [-0.1, -0.05) is 37.8 Å². The molecule has 3 heterocycles. The van der Waals surface area contributed by atoms with Crippen molar-refractivity contribution in [2.75, 3.05) is 64.7 Å². The Labute approximate surface area is 255 Å². The maximum absolute atomic E-state index is 13.1. The summed E-state index contributed by atoms with van der Waals surface area (Å²) in [4.78, 5) is 26.5. The highest BCUT2D eigenvalue weighted by atomic mass is 16.5. The highest BCUT2D eigenvalue weighted by molar-refractivity contribution is 5.97. The molecule has 0 unspecified atom stereocenters. The number of amides is 1. The van der Waals surface area contributed by atoms with E-state index in [0.29, 0.717) is 61.8 Å². The molecule has 0 fully saturated rings. The highest BCUT2D eigenvalue weighted by Crippen LogP contribution is 2.27. The molecule has 5 rings (SSSR count). The molecule has 2 aliphatic heterocycles. The van der Waals surface area contributed by atoms with Crippen LogP contribution in [0.15, 0.2) is 42.5 Å². The maximum atomic E-state index is 13.1. The minimum atomic E-state index is -0.159. The second-order valence-electron chi connectivity index (χ2n) is 11.6. The minimum absolute atomic E-state index is 0.159. The molecular weight excluding hydrogens is 546 g/mol. The number of anilines is 3. The summed E-state index contributed by atoms with van der Waals surface area (Å²) >= 11 is 0. The van der Waals surface area contributed by atoms with Crippen molar-refractivity contribution < 1.29 is 23.5 Å².